The molecule has 0 fully saturated rings. The number of furan rings is 1. The quantitative estimate of drug-likeness (QED) is 0.768. The number of fused-ring (bicyclic) bond motifs is 1. The Balaban J connectivity index is 2.32. The molecule has 0 saturated heterocycles. The first-order chi connectivity index (χ1) is 10.6. The number of carbonyl (C=O) groups is 1. The zero-order valence-electron chi connectivity index (χ0n) is 11.5. The van der Waals surface area contributed by atoms with Gasteiger partial charge >= 0.3 is 5.97 Å². The molecule has 0 unspecified atom stereocenters. The first-order valence-corrected chi connectivity index (χ1v) is 6.65. The highest BCUT2D eigenvalue weighted by Gasteiger charge is 2.15. The minimum Gasteiger partial charge on any atom is -0.477 e. The summed E-state index contributed by atoms with van der Waals surface area (Å²) in [5.74, 6) is -1.28. The van der Waals surface area contributed by atoms with Gasteiger partial charge in [0.05, 0.1) is 24.6 Å². The van der Waals surface area contributed by atoms with Crippen LogP contribution in [0.1, 0.15) is 10.4 Å². The Labute approximate surface area is 124 Å². The van der Waals surface area contributed by atoms with Crippen LogP contribution in [0.5, 0.6) is 0 Å². The first kappa shape index (κ1) is 14.1. The summed E-state index contributed by atoms with van der Waals surface area (Å²) in [7, 11) is 0. The topological polar surface area (TPSA) is 92.7 Å². The Kier molecular flexibility index (Phi) is 3.52. The summed E-state index contributed by atoms with van der Waals surface area (Å²) in [6.07, 6.45) is 4.34. The average Bonchev–Trinajstić information content (AvgIpc) is 3.04. The second kappa shape index (κ2) is 5.50. The lowest BCUT2D eigenvalue weighted by Gasteiger charge is -2.11. The normalized spacial score (nSPS) is 11.0. The molecule has 2 heterocycles. The number of nitrogens with zero attached hydrogens (tertiary/aromatic N) is 1. The third kappa shape index (κ3) is 2.29. The Hall–Kier alpha value is -2.86. The van der Waals surface area contributed by atoms with Gasteiger partial charge in [-0.25, -0.2) is 4.79 Å². The van der Waals surface area contributed by atoms with Crippen molar-refractivity contribution in [2.45, 2.75) is 6.54 Å². The van der Waals surface area contributed by atoms with Crippen LogP contribution in [0.15, 0.2) is 52.2 Å². The summed E-state index contributed by atoms with van der Waals surface area (Å²) in [4.78, 5) is 23.6. The summed E-state index contributed by atoms with van der Waals surface area (Å²) in [6.45, 7) is 0.0582. The highest BCUT2D eigenvalue weighted by Crippen LogP contribution is 2.23. The van der Waals surface area contributed by atoms with Gasteiger partial charge in [-0.1, -0.05) is 6.07 Å². The lowest BCUT2D eigenvalue weighted by molar-refractivity contribution is 0.0694. The van der Waals surface area contributed by atoms with E-state index in [4.69, 9.17) is 9.52 Å². The lowest BCUT2D eigenvalue weighted by Crippen LogP contribution is -2.19. The minimum absolute atomic E-state index is 0.152. The number of rotatable bonds is 4. The molecular weight excluding hydrogens is 286 g/mol. The molecule has 0 atom stereocenters. The number of aromatic carboxylic acids is 1. The molecule has 3 aromatic rings. The number of hydrogen-bond acceptors (Lipinski definition) is 4. The molecule has 2 aromatic heterocycles. The van der Waals surface area contributed by atoms with Gasteiger partial charge in [-0.3, -0.25) is 4.79 Å². The molecule has 0 amide bonds. The van der Waals surface area contributed by atoms with Crippen molar-refractivity contribution in [1.82, 2.24) is 4.57 Å². The Bertz CT molecular complexity index is 893. The first-order valence-electron chi connectivity index (χ1n) is 6.65. The van der Waals surface area contributed by atoms with Gasteiger partial charge in [0.1, 0.15) is 5.56 Å². The molecule has 1 aromatic carbocycles. The van der Waals surface area contributed by atoms with E-state index >= 15 is 0 Å². The summed E-state index contributed by atoms with van der Waals surface area (Å²) >= 11 is 0. The fraction of sp³-hybridized carbons (Fsp3) is 0.125. The monoisotopic (exact) mass is 299 g/mol. The maximum absolute atomic E-state index is 12.4. The van der Waals surface area contributed by atoms with Gasteiger partial charge in [-0.2, -0.15) is 0 Å². The fourth-order valence-electron chi connectivity index (χ4n) is 2.45. The molecule has 6 nitrogen and oxygen atoms in total. The number of hydrogen-bond donors (Lipinski definition) is 2. The predicted molar refractivity (Wildman–Crippen MR) is 80.0 cm³/mol. The van der Waals surface area contributed by atoms with Crippen LogP contribution in [0.25, 0.3) is 22.0 Å². The van der Waals surface area contributed by atoms with Crippen LogP contribution in [-0.4, -0.2) is 27.4 Å². The smallest absolute Gasteiger partial charge is 0.341 e. The van der Waals surface area contributed by atoms with Gasteiger partial charge in [-0.05, 0) is 23.8 Å². The molecule has 6 heteroatoms. The molecule has 0 bridgehead atoms. The number of aliphatic hydroxyl groups is 1. The highest BCUT2D eigenvalue weighted by molar-refractivity contribution is 5.93. The Morgan fingerprint density at radius 1 is 1.23 bits per heavy atom. The van der Waals surface area contributed by atoms with Gasteiger partial charge in [0.15, 0.2) is 0 Å². The molecule has 0 aliphatic carbocycles. The van der Waals surface area contributed by atoms with Crippen LogP contribution in [0.2, 0.25) is 0 Å². The van der Waals surface area contributed by atoms with Crippen LogP contribution < -0.4 is 5.43 Å². The van der Waals surface area contributed by atoms with Gasteiger partial charge in [0, 0.05) is 23.7 Å². The maximum Gasteiger partial charge on any atom is 0.341 e. The third-order valence-electron chi connectivity index (χ3n) is 3.51. The van der Waals surface area contributed by atoms with E-state index in [-0.39, 0.29) is 18.7 Å². The minimum atomic E-state index is -1.28. The molecule has 112 valence electrons. The maximum atomic E-state index is 12.4. The van der Waals surface area contributed by atoms with Crippen molar-refractivity contribution in [2.75, 3.05) is 6.61 Å². The molecule has 2 N–H and O–H groups in total. The van der Waals surface area contributed by atoms with Crippen molar-refractivity contribution >= 4 is 16.9 Å². The van der Waals surface area contributed by atoms with E-state index in [1.807, 2.05) is 6.07 Å². The number of aliphatic hydroxyl groups excluding tert-OH is 1. The second-order valence-electron chi connectivity index (χ2n) is 4.84. The Morgan fingerprint density at radius 2 is 2.05 bits per heavy atom. The van der Waals surface area contributed by atoms with Crippen LogP contribution in [0.4, 0.5) is 0 Å². The van der Waals surface area contributed by atoms with Crippen molar-refractivity contribution < 1.29 is 19.4 Å². The SMILES string of the molecule is O=C(O)c1cn(CCO)c2ccc(-c3ccoc3)cc2c1=O. The van der Waals surface area contributed by atoms with E-state index in [2.05, 4.69) is 0 Å². The summed E-state index contributed by atoms with van der Waals surface area (Å²) in [5.41, 5.74) is 1.29. The van der Waals surface area contributed by atoms with Crippen LogP contribution in [0.3, 0.4) is 0 Å². The van der Waals surface area contributed by atoms with Crippen molar-refractivity contribution in [2.24, 2.45) is 0 Å². The van der Waals surface area contributed by atoms with Gasteiger partial charge < -0.3 is 19.2 Å². The summed E-state index contributed by atoms with van der Waals surface area (Å²) in [6, 6.07) is 6.96. The van der Waals surface area contributed by atoms with Gasteiger partial charge in [0.25, 0.3) is 0 Å². The van der Waals surface area contributed by atoms with E-state index in [1.54, 1.807) is 29.0 Å². The van der Waals surface area contributed by atoms with Crippen molar-refractivity contribution in [3.63, 3.8) is 0 Å². The molecule has 0 aliphatic heterocycles. The molecule has 0 saturated carbocycles. The molecule has 0 spiro atoms. The zero-order valence-corrected chi connectivity index (χ0v) is 11.5. The van der Waals surface area contributed by atoms with Crippen molar-refractivity contribution in [1.29, 1.82) is 0 Å². The largest absolute Gasteiger partial charge is 0.477 e. The lowest BCUT2D eigenvalue weighted by atomic mass is 10.0. The number of carboxylic acids is 1. The molecule has 3 rings (SSSR count). The Morgan fingerprint density at radius 3 is 2.68 bits per heavy atom. The average molecular weight is 299 g/mol. The summed E-state index contributed by atoms with van der Waals surface area (Å²) < 4.78 is 6.59. The van der Waals surface area contributed by atoms with Gasteiger partial charge in [-0.15, -0.1) is 0 Å². The van der Waals surface area contributed by atoms with E-state index < -0.39 is 11.4 Å². The standard InChI is InChI=1S/C16H13NO5/c18-5-4-17-8-13(16(20)21)15(19)12-7-10(1-2-14(12)17)11-3-6-22-9-11/h1-3,6-9,18H,4-5H2,(H,20,21). The number of pyridine rings is 1. The van der Waals surface area contributed by atoms with Crippen LogP contribution in [-0.2, 0) is 6.54 Å². The second-order valence-corrected chi connectivity index (χ2v) is 4.84. The van der Waals surface area contributed by atoms with E-state index in [0.717, 1.165) is 11.1 Å². The third-order valence-corrected chi connectivity index (χ3v) is 3.51. The van der Waals surface area contributed by atoms with Gasteiger partial charge in [0.2, 0.25) is 5.43 Å². The number of carboxylic acid groups (broad SMARTS) is 1. The summed E-state index contributed by atoms with van der Waals surface area (Å²) in [5, 5.41) is 18.6. The van der Waals surface area contributed by atoms with Crippen molar-refractivity contribution in [3.8, 4) is 11.1 Å². The van der Waals surface area contributed by atoms with Crippen molar-refractivity contribution in [3.05, 3.63) is 58.8 Å². The highest BCUT2D eigenvalue weighted by atomic mass is 16.4. The molecule has 22 heavy (non-hydrogen) atoms. The molecular formula is C16H13NO5. The van der Waals surface area contributed by atoms with E-state index in [0.29, 0.717) is 10.9 Å². The van der Waals surface area contributed by atoms with Crippen LogP contribution >= 0.6 is 0 Å². The zero-order chi connectivity index (χ0) is 15.7. The number of benzene rings is 1. The molecule has 0 radical (unpaired) electrons. The van der Waals surface area contributed by atoms with E-state index in [1.165, 1.54) is 12.5 Å². The predicted octanol–water partition coefficient (Wildman–Crippen LogP) is 1.95. The fourth-order valence-corrected chi connectivity index (χ4v) is 2.45. The molecule has 0 aliphatic rings. The van der Waals surface area contributed by atoms with E-state index in [9.17, 15) is 14.7 Å². The number of aromatic nitrogens is 1. The van der Waals surface area contributed by atoms with Crippen LogP contribution in [0, 0.1) is 0 Å².